The number of rotatable bonds is 5. The van der Waals surface area contributed by atoms with Gasteiger partial charge in [0.15, 0.2) is 9.84 Å². The number of nitrogens with zero attached hydrogens (tertiary/aromatic N) is 1. The summed E-state index contributed by atoms with van der Waals surface area (Å²) >= 11 is 0. The first-order valence-electron chi connectivity index (χ1n) is 7.90. The maximum Gasteiger partial charge on any atom is 0.225 e. The second-order valence-electron chi connectivity index (χ2n) is 5.97. The molecule has 1 aliphatic rings. The van der Waals surface area contributed by atoms with Crippen molar-refractivity contribution in [1.29, 1.82) is 0 Å². The van der Waals surface area contributed by atoms with E-state index in [1.54, 1.807) is 12.4 Å². The molecule has 0 aliphatic heterocycles. The Hall–Kier alpha value is -1.95. The fourth-order valence-corrected chi connectivity index (χ4v) is 4.95. The lowest BCUT2D eigenvalue weighted by atomic mass is 10.1. The Labute approximate surface area is 136 Å². The largest absolute Gasteiger partial charge is 0.325 e. The van der Waals surface area contributed by atoms with Crippen molar-refractivity contribution in [3.05, 3.63) is 36.7 Å². The van der Waals surface area contributed by atoms with Crippen LogP contribution in [0.25, 0.3) is 10.8 Å². The van der Waals surface area contributed by atoms with Crippen molar-refractivity contribution in [1.82, 2.24) is 4.98 Å². The summed E-state index contributed by atoms with van der Waals surface area (Å²) in [5.74, 6) is -0.341. The van der Waals surface area contributed by atoms with E-state index in [4.69, 9.17) is 0 Å². The van der Waals surface area contributed by atoms with E-state index in [-0.39, 0.29) is 23.3 Å². The molecule has 1 aromatic heterocycles. The number of carbonyl (C=O) groups is 1. The first-order chi connectivity index (χ1) is 11.1. The van der Waals surface area contributed by atoms with Gasteiger partial charge in [0.05, 0.1) is 11.0 Å². The first-order valence-corrected chi connectivity index (χ1v) is 9.62. The zero-order chi connectivity index (χ0) is 16.3. The van der Waals surface area contributed by atoms with Crippen LogP contribution < -0.4 is 5.32 Å². The average molecular weight is 332 g/mol. The highest BCUT2D eigenvalue weighted by Crippen LogP contribution is 2.26. The molecule has 0 atom stereocenters. The predicted molar refractivity (Wildman–Crippen MR) is 91.0 cm³/mol. The van der Waals surface area contributed by atoms with Crippen molar-refractivity contribution in [2.45, 2.75) is 37.4 Å². The van der Waals surface area contributed by atoms with Crippen molar-refractivity contribution in [2.24, 2.45) is 0 Å². The summed E-state index contributed by atoms with van der Waals surface area (Å²) in [6, 6.07) is 7.41. The van der Waals surface area contributed by atoms with Gasteiger partial charge in [0, 0.05) is 35.3 Å². The van der Waals surface area contributed by atoms with Crippen LogP contribution in [0.1, 0.15) is 32.1 Å². The molecular weight excluding hydrogens is 312 g/mol. The van der Waals surface area contributed by atoms with E-state index >= 15 is 0 Å². The highest BCUT2D eigenvalue weighted by atomic mass is 32.2. The summed E-state index contributed by atoms with van der Waals surface area (Å²) in [5.41, 5.74) is 0.688. The number of aromatic nitrogens is 1. The van der Waals surface area contributed by atoms with Crippen molar-refractivity contribution >= 4 is 32.2 Å². The van der Waals surface area contributed by atoms with E-state index < -0.39 is 9.84 Å². The van der Waals surface area contributed by atoms with Crippen LogP contribution in [0.5, 0.6) is 0 Å². The molecule has 1 aliphatic carbocycles. The molecule has 6 heteroatoms. The number of hydrogen-bond acceptors (Lipinski definition) is 4. The van der Waals surface area contributed by atoms with Crippen LogP contribution in [0.4, 0.5) is 5.69 Å². The van der Waals surface area contributed by atoms with Crippen molar-refractivity contribution in [3.8, 4) is 0 Å². The van der Waals surface area contributed by atoms with Gasteiger partial charge in [-0.1, -0.05) is 25.0 Å². The first kappa shape index (κ1) is 15.9. The Kier molecular flexibility index (Phi) is 4.61. The maximum atomic E-state index is 12.2. The number of hydrogen-bond donors (Lipinski definition) is 1. The molecule has 0 bridgehead atoms. The van der Waals surface area contributed by atoms with Gasteiger partial charge in [0.25, 0.3) is 0 Å². The zero-order valence-electron chi connectivity index (χ0n) is 12.9. The quantitative estimate of drug-likeness (QED) is 0.913. The SMILES string of the molecule is O=C(CCS(=O)(=O)C1CCCC1)Nc1cccc2cnccc12. The van der Waals surface area contributed by atoms with Crippen LogP contribution in [-0.2, 0) is 14.6 Å². The normalized spacial score (nSPS) is 15.8. The molecule has 0 unspecified atom stereocenters. The van der Waals surface area contributed by atoms with E-state index in [2.05, 4.69) is 10.3 Å². The Bertz CT molecular complexity index is 806. The third kappa shape index (κ3) is 3.69. The van der Waals surface area contributed by atoms with Gasteiger partial charge in [0.1, 0.15) is 0 Å². The lowest BCUT2D eigenvalue weighted by molar-refractivity contribution is -0.115. The van der Waals surface area contributed by atoms with Crippen LogP contribution in [-0.4, -0.2) is 30.3 Å². The minimum atomic E-state index is -3.16. The van der Waals surface area contributed by atoms with E-state index in [1.165, 1.54) is 0 Å². The third-order valence-electron chi connectivity index (χ3n) is 4.38. The average Bonchev–Trinajstić information content (AvgIpc) is 3.09. The number of fused-ring (bicyclic) bond motifs is 1. The number of pyridine rings is 1. The molecular formula is C17H20N2O3S. The summed E-state index contributed by atoms with van der Waals surface area (Å²) in [6.07, 6.45) is 6.82. The number of nitrogens with one attached hydrogen (secondary N) is 1. The Morgan fingerprint density at radius 1 is 1.22 bits per heavy atom. The highest BCUT2D eigenvalue weighted by molar-refractivity contribution is 7.92. The van der Waals surface area contributed by atoms with Crippen molar-refractivity contribution in [3.63, 3.8) is 0 Å². The van der Waals surface area contributed by atoms with Crippen LogP contribution in [0, 0.1) is 0 Å². The fourth-order valence-electron chi connectivity index (χ4n) is 3.09. The summed E-state index contributed by atoms with van der Waals surface area (Å²) in [5, 5.41) is 4.40. The number of sulfone groups is 1. The zero-order valence-corrected chi connectivity index (χ0v) is 13.7. The molecule has 5 nitrogen and oxygen atoms in total. The molecule has 2 aromatic rings. The molecule has 1 N–H and O–H groups in total. The molecule has 1 saturated carbocycles. The van der Waals surface area contributed by atoms with Crippen LogP contribution in [0.3, 0.4) is 0 Å². The molecule has 3 rings (SSSR count). The second-order valence-corrected chi connectivity index (χ2v) is 8.37. The van der Waals surface area contributed by atoms with Gasteiger partial charge < -0.3 is 5.32 Å². The van der Waals surface area contributed by atoms with Crippen molar-refractivity contribution < 1.29 is 13.2 Å². The molecule has 1 fully saturated rings. The minimum Gasteiger partial charge on any atom is -0.325 e. The van der Waals surface area contributed by atoms with E-state index in [1.807, 2.05) is 24.3 Å². The van der Waals surface area contributed by atoms with Crippen LogP contribution in [0.15, 0.2) is 36.7 Å². The van der Waals surface area contributed by atoms with Gasteiger partial charge in [-0.25, -0.2) is 8.42 Å². The van der Waals surface area contributed by atoms with Crippen LogP contribution in [0.2, 0.25) is 0 Å². The lowest BCUT2D eigenvalue weighted by Crippen LogP contribution is -2.24. The molecule has 1 aromatic carbocycles. The van der Waals surface area contributed by atoms with Crippen LogP contribution >= 0.6 is 0 Å². The smallest absolute Gasteiger partial charge is 0.225 e. The van der Waals surface area contributed by atoms with E-state index in [0.29, 0.717) is 5.69 Å². The predicted octanol–water partition coefficient (Wildman–Crippen LogP) is 2.92. The van der Waals surface area contributed by atoms with Gasteiger partial charge in [-0.15, -0.1) is 0 Å². The Balaban J connectivity index is 1.65. The van der Waals surface area contributed by atoms with Crippen molar-refractivity contribution in [2.75, 3.05) is 11.1 Å². The minimum absolute atomic E-state index is 0.000302. The maximum absolute atomic E-state index is 12.2. The summed E-state index contributed by atoms with van der Waals surface area (Å²) in [4.78, 5) is 16.2. The van der Waals surface area contributed by atoms with E-state index in [0.717, 1.165) is 36.5 Å². The third-order valence-corrected chi connectivity index (χ3v) is 6.64. The number of benzene rings is 1. The molecule has 0 saturated heterocycles. The second kappa shape index (κ2) is 6.66. The summed E-state index contributed by atoms with van der Waals surface area (Å²) in [6.45, 7) is 0. The number of amides is 1. The highest BCUT2D eigenvalue weighted by Gasteiger charge is 2.28. The monoisotopic (exact) mass is 332 g/mol. The molecule has 23 heavy (non-hydrogen) atoms. The molecule has 1 heterocycles. The van der Waals surface area contributed by atoms with Gasteiger partial charge in [-0.3, -0.25) is 9.78 Å². The molecule has 0 spiro atoms. The van der Waals surface area contributed by atoms with E-state index in [9.17, 15) is 13.2 Å². The summed E-state index contributed by atoms with van der Waals surface area (Å²) in [7, 11) is -3.16. The topological polar surface area (TPSA) is 76.1 Å². The molecule has 0 radical (unpaired) electrons. The summed E-state index contributed by atoms with van der Waals surface area (Å²) < 4.78 is 24.4. The molecule has 122 valence electrons. The van der Waals surface area contributed by atoms with Gasteiger partial charge in [0.2, 0.25) is 5.91 Å². The van der Waals surface area contributed by atoms with Gasteiger partial charge in [-0.2, -0.15) is 0 Å². The number of carbonyl (C=O) groups excluding carboxylic acids is 1. The van der Waals surface area contributed by atoms with Gasteiger partial charge in [-0.05, 0) is 25.0 Å². The standard InChI is InChI=1S/C17H20N2O3S/c20-17(9-11-23(21,22)14-5-1-2-6-14)19-16-7-3-4-13-12-18-10-8-15(13)16/h3-4,7-8,10,12,14H,1-2,5-6,9,11H2,(H,19,20). The molecule has 1 amide bonds. The Morgan fingerprint density at radius 3 is 2.78 bits per heavy atom. The number of anilines is 1. The fraction of sp³-hybridized carbons (Fsp3) is 0.412. The lowest BCUT2D eigenvalue weighted by Gasteiger charge is -2.12. The van der Waals surface area contributed by atoms with Gasteiger partial charge >= 0.3 is 0 Å². The Morgan fingerprint density at radius 2 is 2.00 bits per heavy atom.